The van der Waals surface area contributed by atoms with Crippen LogP contribution in [0.4, 0.5) is 0 Å². The summed E-state index contributed by atoms with van der Waals surface area (Å²) < 4.78 is 22.3. The summed E-state index contributed by atoms with van der Waals surface area (Å²) in [5.41, 5.74) is 0. The number of carboxylic acid groups (broad SMARTS) is 1. The SMILES string of the molecule is CCC1C[C@H](C(=O)NC(C)CS(C)(=O)=O)[C@H](C(=O)O)C1. The maximum absolute atomic E-state index is 12.1. The van der Waals surface area contributed by atoms with Gasteiger partial charge in [0.25, 0.3) is 0 Å². The predicted molar refractivity (Wildman–Crippen MR) is 74.9 cm³/mol. The van der Waals surface area contributed by atoms with E-state index >= 15 is 0 Å². The minimum Gasteiger partial charge on any atom is -0.481 e. The van der Waals surface area contributed by atoms with Gasteiger partial charge in [-0.3, -0.25) is 9.59 Å². The number of carboxylic acids is 1. The summed E-state index contributed by atoms with van der Waals surface area (Å²) in [6.07, 6.45) is 3.04. The molecule has 0 aromatic carbocycles. The van der Waals surface area contributed by atoms with Gasteiger partial charge in [-0.2, -0.15) is 0 Å². The Morgan fingerprint density at radius 1 is 1.30 bits per heavy atom. The molecule has 0 heterocycles. The second-order valence-electron chi connectivity index (χ2n) is 5.80. The van der Waals surface area contributed by atoms with Gasteiger partial charge in [-0.15, -0.1) is 0 Å². The fraction of sp³-hybridized carbons (Fsp3) is 0.846. The highest BCUT2D eigenvalue weighted by molar-refractivity contribution is 7.90. The normalized spacial score (nSPS) is 28.1. The van der Waals surface area contributed by atoms with Gasteiger partial charge in [-0.1, -0.05) is 13.3 Å². The van der Waals surface area contributed by atoms with Crippen LogP contribution in [0.1, 0.15) is 33.1 Å². The van der Waals surface area contributed by atoms with Crippen LogP contribution >= 0.6 is 0 Å². The number of nitrogens with one attached hydrogen (secondary N) is 1. The largest absolute Gasteiger partial charge is 0.481 e. The molecule has 0 aromatic rings. The van der Waals surface area contributed by atoms with Gasteiger partial charge in [0.15, 0.2) is 0 Å². The second-order valence-corrected chi connectivity index (χ2v) is 7.98. The topological polar surface area (TPSA) is 101 Å². The summed E-state index contributed by atoms with van der Waals surface area (Å²) in [7, 11) is -3.17. The number of hydrogen-bond donors (Lipinski definition) is 2. The minimum absolute atomic E-state index is 0.138. The van der Waals surface area contributed by atoms with E-state index < -0.39 is 33.7 Å². The monoisotopic (exact) mass is 305 g/mol. The highest BCUT2D eigenvalue weighted by atomic mass is 32.2. The molecule has 1 fully saturated rings. The average molecular weight is 305 g/mol. The summed E-state index contributed by atoms with van der Waals surface area (Å²) in [5.74, 6) is -2.40. The summed E-state index contributed by atoms with van der Waals surface area (Å²) in [5, 5.41) is 11.8. The Hall–Kier alpha value is -1.11. The first-order chi connectivity index (χ1) is 9.14. The van der Waals surface area contributed by atoms with E-state index in [0.29, 0.717) is 12.8 Å². The lowest BCUT2D eigenvalue weighted by atomic mass is 9.95. The Morgan fingerprint density at radius 2 is 1.85 bits per heavy atom. The fourth-order valence-corrected chi connectivity index (χ4v) is 3.88. The van der Waals surface area contributed by atoms with Crippen molar-refractivity contribution in [2.24, 2.45) is 17.8 Å². The van der Waals surface area contributed by atoms with Crippen molar-refractivity contribution >= 4 is 21.7 Å². The maximum Gasteiger partial charge on any atom is 0.307 e. The lowest BCUT2D eigenvalue weighted by molar-refractivity contribution is -0.146. The van der Waals surface area contributed by atoms with Crippen LogP contribution in [0.3, 0.4) is 0 Å². The van der Waals surface area contributed by atoms with Crippen molar-refractivity contribution in [3.05, 3.63) is 0 Å². The lowest BCUT2D eigenvalue weighted by Crippen LogP contribution is -2.42. The van der Waals surface area contributed by atoms with E-state index in [0.717, 1.165) is 12.7 Å². The van der Waals surface area contributed by atoms with Crippen molar-refractivity contribution < 1.29 is 23.1 Å². The summed E-state index contributed by atoms with van der Waals surface area (Å²) in [6.45, 7) is 3.59. The van der Waals surface area contributed by atoms with E-state index in [-0.39, 0.29) is 17.6 Å². The molecular formula is C13H23NO5S. The minimum atomic E-state index is -3.17. The average Bonchev–Trinajstić information content (AvgIpc) is 2.70. The number of rotatable bonds is 6. The number of sulfone groups is 1. The zero-order chi connectivity index (χ0) is 15.5. The molecule has 20 heavy (non-hydrogen) atoms. The van der Waals surface area contributed by atoms with Gasteiger partial charge >= 0.3 is 5.97 Å². The molecule has 1 amide bonds. The Kier molecular flexibility index (Phi) is 5.56. The quantitative estimate of drug-likeness (QED) is 0.751. The third-order valence-electron chi connectivity index (χ3n) is 3.83. The Labute approximate surface area is 119 Å². The van der Waals surface area contributed by atoms with Gasteiger partial charge in [-0.25, -0.2) is 8.42 Å². The first kappa shape index (κ1) is 16.9. The first-order valence-electron chi connectivity index (χ1n) is 6.85. The van der Waals surface area contributed by atoms with E-state index in [1.807, 2.05) is 6.92 Å². The second kappa shape index (κ2) is 6.56. The molecule has 2 N–H and O–H groups in total. The Bertz CT molecular complexity index is 473. The molecule has 0 spiro atoms. The van der Waals surface area contributed by atoms with Crippen molar-refractivity contribution in [2.75, 3.05) is 12.0 Å². The summed E-state index contributed by atoms with van der Waals surface area (Å²) >= 11 is 0. The van der Waals surface area contributed by atoms with Crippen molar-refractivity contribution in [1.82, 2.24) is 5.32 Å². The highest BCUT2D eigenvalue weighted by Gasteiger charge is 2.42. The molecule has 0 saturated heterocycles. The molecule has 116 valence electrons. The maximum atomic E-state index is 12.1. The number of carbonyl (C=O) groups is 2. The van der Waals surface area contributed by atoms with Crippen LogP contribution < -0.4 is 5.32 Å². The van der Waals surface area contributed by atoms with Crippen LogP contribution in [-0.2, 0) is 19.4 Å². The van der Waals surface area contributed by atoms with Gasteiger partial charge in [0, 0.05) is 12.3 Å². The number of amides is 1. The number of carbonyl (C=O) groups excluding carboxylic acids is 1. The lowest BCUT2D eigenvalue weighted by Gasteiger charge is -2.19. The van der Waals surface area contributed by atoms with Gasteiger partial charge in [0.05, 0.1) is 17.6 Å². The van der Waals surface area contributed by atoms with E-state index in [2.05, 4.69) is 5.32 Å². The number of aliphatic carboxylic acids is 1. The van der Waals surface area contributed by atoms with Crippen molar-refractivity contribution in [3.63, 3.8) is 0 Å². The predicted octanol–water partition coefficient (Wildman–Crippen LogP) is 0.673. The molecule has 6 nitrogen and oxygen atoms in total. The zero-order valence-electron chi connectivity index (χ0n) is 12.1. The third kappa shape index (κ3) is 4.77. The van der Waals surface area contributed by atoms with Crippen LogP contribution in [-0.4, -0.2) is 43.5 Å². The van der Waals surface area contributed by atoms with Crippen molar-refractivity contribution in [3.8, 4) is 0 Å². The summed E-state index contributed by atoms with van der Waals surface area (Å²) in [4.78, 5) is 23.4. The molecule has 0 aromatic heterocycles. The Morgan fingerprint density at radius 3 is 2.30 bits per heavy atom. The number of hydrogen-bond acceptors (Lipinski definition) is 4. The molecule has 0 bridgehead atoms. The van der Waals surface area contributed by atoms with E-state index in [1.165, 1.54) is 0 Å². The molecule has 1 saturated carbocycles. The van der Waals surface area contributed by atoms with Crippen molar-refractivity contribution in [2.45, 2.75) is 39.2 Å². The van der Waals surface area contributed by atoms with E-state index in [1.54, 1.807) is 6.92 Å². The molecule has 7 heteroatoms. The highest BCUT2D eigenvalue weighted by Crippen LogP contribution is 2.38. The molecule has 1 aliphatic rings. The Balaban J connectivity index is 2.68. The third-order valence-corrected chi connectivity index (χ3v) is 4.94. The van der Waals surface area contributed by atoms with Crippen molar-refractivity contribution in [1.29, 1.82) is 0 Å². The smallest absolute Gasteiger partial charge is 0.307 e. The van der Waals surface area contributed by atoms with Crippen LogP contribution in [0.25, 0.3) is 0 Å². The van der Waals surface area contributed by atoms with Gasteiger partial charge in [-0.05, 0) is 25.7 Å². The van der Waals surface area contributed by atoms with Gasteiger partial charge in [0.2, 0.25) is 5.91 Å². The van der Waals surface area contributed by atoms with E-state index in [4.69, 9.17) is 0 Å². The molecule has 2 unspecified atom stereocenters. The molecule has 0 aliphatic heterocycles. The van der Waals surface area contributed by atoms with Crippen LogP contribution in [0, 0.1) is 17.8 Å². The fourth-order valence-electron chi connectivity index (χ4n) is 2.88. The standard InChI is InChI=1S/C13H23NO5S/c1-4-9-5-10(11(6-9)13(16)17)12(15)14-8(2)7-20(3,18)19/h8-11H,4-7H2,1-3H3,(H,14,15)(H,16,17)/t8?,9?,10-,11+/m0/s1. The zero-order valence-corrected chi connectivity index (χ0v) is 12.9. The van der Waals surface area contributed by atoms with Crippen LogP contribution in [0.5, 0.6) is 0 Å². The van der Waals surface area contributed by atoms with Crippen LogP contribution in [0.15, 0.2) is 0 Å². The molecule has 1 rings (SSSR count). The molecule has 1 aliphatic carbocycles. The molecule has 4 atom stereocenters. The molecule has 0 radical (unpaired) electrons. The summed E-state index contributed by atoms with van der Waals surface area (Å²) in [6, 6.07) is -0.507. The van der Waals surface area contributed by atoms with Gasteiger partial charge < -0.3 is 10.4 Å². The van der Waals surface area contributed by atoms with Gasteiger partial charge in [0.1, 0.15) is 9.84 Å². The van der Waals surface area contributed by atoms with E-state index in [9.17, 15) is 23.1 Å². The first-order valence-corrected chi connectivity index (χ1v) is 8.91. The van der Waals surface area contributed by atoms with Crippen LogP contribution in [0.2, 0.25) is 0 Å². The molecular weight excluding hydrogens is 282 g/mol.